The highest BCUT2D eigenvalue weighted by Gasteiger charge is 2.26. The van der Waals surface area contributed by atoms with Crippen LogP contribution in [-0.4, -0.2) is 38.9 Å². The number of alkyl carbamates (subject to hydrolysis) is 1. The lowest BCUT2D eigenvalue weighted by molar-refractivity contribution is -0.384. The third kappa shape index (κ3) is 5.78. The number of aliphatic hydroxyl groups excluding tert-OH is 2. The molecule has 2 rings (SSSR count). The number of rotatable bonds is 8. The number of nitrogen functional groups attached to an aromatic ring is 1. The molecule has 10 nitrogen and oxygen atoms in total. The van der Waals surface area contributed by atoms with Gasteiger partial charge in [0.15, 0.2) is 0 Å². The number of benzene rings is 1. The Morgan fingerprint density at radius 1 is 1.36 bits per heavy atom. The Morgan fingerprint density at radius 3 is 2.68 bits per heavy atom. The van der Waals surface area contributed by atoms with Crippen LogP contribution in [0.2, 0.25) is 5.15 Å². The number of pyridine rings is 1. The van der Waals surface area contributed by atoms with E-state index < -0.39 is 34.7 Å². The van der Waals surface area contributed by atoms with Crippen molar-refractivity contribution >= 4 is 29.2 Å². The topological polar surface area (TPSA) is 161 Å². The summed E-state index contributed by atoms with van der Waals surface area (Å²) in [5.74, 6) is -0.400. The summed E-state index contributed by atoms with van der Waals surface area (Å²) in [5.41, 5.74) is 5.56. The van der Waals surface area contributed by atoms with Gasteiger partial charge in [0.2, 0.25) is 5.82 Å². The van der Waals surface area contributed by atoms with Gasteiger partial charge in [0, 0.05) is 18.2 Å². The number of aromatic nitrogens is 1. The van der Waals surface area contributed by atoms with Crippen molar-refractivity contribution in [3.05, 3.63) is 62.8 Å². The molecule has 2 aromatic rings. The van der Waals surface area contributed by atoms with Gasteiger partial charge in [-0.05, 0) is 12.0 Å². The van der Waals surface area contributed by atoms with Gasteiger partial charge in [0.1, 0.15) is 17.9 Å². The van der Waals surface area contributed by atoms with Crippen molar-refractivity contribution in [2.75, 3.05) is 12.3 Å². The van der Waals surface area contributed by atoms with Crippen LogP contribution in [0.15, 0.2) is 36.4 Å². The predicted molar refractivity (Wildman–Crippen MR) is 101 cm³/mol. The number of nitrogens with zero attached hydrogens (tertiary/aromatic N) is 2. The Labute approximate surface area is 165 Å². The number of anilines is 1. The summed E-state index contributed by atoms with van der Waals surface area (Å²) >= 11 is 5.85. The van der Waals surface area contributed by atoms with Crippen LogP contribution in [-0.2, 0) is 11.3 Å². The van der Waals surface area contributed by atoms with Crippen LogP contribution < -0.4 is 11.1 Å². The summed E-state index contributed by atoms with van der Waals surface area (Å²) in [6.45, 7) is 0.0855. The van der Waals surface area contributed by atoms with Gasteiger partial charge in [-0.25, -0.2) is 9.78 Å². The molecule has 0 bridgehead atoms. The van der Waals surface area contributed by atoms with Crippen LogP contribution in [0.1, 0.15) is 23.7 Å². The van der Waals surface area contributed by atoms with E-state index >= 15 is 0 Å². The first kappa shape index (κ1) is 21.4. The maximum absolute atomic E-state index is 11.7. The van der Waals surface area contributed by atoms with Gasteiger partial charge in [0.25, 0.3) is 0 Å². The Balaban J connectivity index is 1.85. The average molecular weight is 411 g/mol. The predicted octanol–water partition coefficient (Wildman–Crippen LogP) is 1.94. The van der Waals surface area contributed by atoms with Crippen LogP contribution >= 0.6 is 11.6 Å². The zero-order valence-electron chi connectivity index (χ0n) is 14.6. The molecule has 11 heteroatoms. The summed E-state index contributed by atoms with van der Waals surface area (Å²) in [6.07, 6.45) is -3.66. The Kier molecular flexibility index (Phi) is 7.50. The van der Waals surface area contributed by atoms with Gasteiger partial charge < -0.3 is 26.0 Å². The molecule has 0 radical (unpaired) electrons. The Bertz CT molecular complexity index is 836. The molecule has 1 amide bonds. The number of aliphatic hydroxyl groups is 2. The van der Waals surface area contributed by atoms with E-state index in [9.17, 15) is 25.1 Å². The summed E-state index contributed by atoms with van der Waals surface area (Å²) in [6, 6.07) is 10.0. The van der Waals surface area contributed by atoms with Gasteiger partial charge in [-0.3, -0.25) is 10.1 Å². The molecule has 0 aliphatic rings. The molecule has 1 aromatic heterocycles. The van der Waals surface area contributed by atoms with Gasteiger partial charge in [-0.15, -0.1) is 0 Å². The number of carbonyl (C=O) groups excluding carboxylic acids is 1. The van der Waals surface area contributed by atoms with E-state index in [4.69, 9.17) is 22.1 Å². The average Bonchev–Trinajstić information content (AvgIpc) is 2.66. The van der Waals surface area contributed by atoms with Crippen LogP contribution in [0.4, 0.5) is 16.3 Å². The summed E-state index contributed by atoms with van der Waals surface area (Å²) in [5, 5.41) is 33.4. The molecule has 0 saturated heterocycles. The quantitative estimate of drug-likeness (QED) is 0.291. The maximum atomic E-state index is 11.7. The van der Waals surface area contributed by atoms with E-state index in [0.29, 0.717) is 0 Å². The molecule has 150 valence electrons. The van der Waals surface area contributed by atoms with E-state index in [1.807, 2.05) is 18.2 Å². The number of amides is 1. The molecule has 0 aliphatic carbocycles. The van der Waals surface area contributed by atoms with E-state index in [2.05, 4.69) is 10.3 Å². The van der Waals surface area contributed by atoms with Crippen molar-refractivity contribution in [3.63, 3.8) is 0 Å². The lowest BCUT2D eigenvalue weighted by atomic mass is 10.0. The number of carbonyl (C=O) groups is 1. The molecule has 1 aromatic carbocycles. The van der Waals surface area contributed by atoms with Crippen molar-refractivity contribution in [2.45, 2.75) is 25.2 Å². The lowest BCUT2D eigenvalue weighted by Crippen LogP contribution is -2.30. The van der Waals surface area contributed by atoms with Crippen LogP contribution in [0.5, 0.6) is 0 Å². The molecule has 1 heterocycles. The van der Waals surface area contributed by atoms with Crippen molar-refractivity contribution in [1.82, 2.24) is 10.3 Å². The standard InChI is InChI=1S/C17H19ClN4O6/c18-15-11(8-12(22(26)27)16(19)21-15)14(24)13(23)6-7-20-17(25)28-9-10-4-2-1-3-5-10/h1-5,8,13-14,23-24H,6-7,9H2,(H2,19,21)(H,20,25). The van der Waals surface area contributed by atoms with E-state index in [-0.39, 0.29) is 30.3 Å². The first-order chi connectivity index (χ1) is 13.3. The minimum Gasteiger partial charge on any atom is -0.445 e. The Morgan fingerprint density at radius 2 is 2.04 bits per heavy atom. The fourth-order valence-electron chi connectivity index (χ4n) is 2.32. The summed E-state index contributed by atoms with van der Waals surface area (Å²) in [4.78, 5) is 25.4. The highest BCUT2D eigenvalue weighted by atomic mass is 35.5. The number of hydrogen-bond donors (Lipinski definition) is 4. The maximum Gasteiger partial charge on any atom is 0.407 e. The molecule has 2 unspecified atom stereocenters. The summed E-state index contributed by atoms with van der Waals surface area (Å²) in [7, 11) is 0. The van der Waals surface area contributed by atoms with Crippen molar-refractivity contribution in [1.29, 1.82) is 0 Å². The first-order valence-electron chi connectivity index (χ1n) is 8.20. The fraction of sp³-hybridized carbons (Fsp3) is 0.294. The highest BCUT2D eigenvalue weighted by Crippen LogP contribution is 2.31. The largest absolute Gasteiger partial charge is 0.445 e. The molecule has 0 spiro atoms. The van der Waals surface area contributed by atoms with Gasteiger partial charge in [-0.1, -0.05) is 41.9 Å². The van der Waals surface area contributed by atoms with Gasteiger partial charge in [0.05, 0.1) is 11.0 Å². The number of hydrogen-bond acceptors (Lipinski definition) is 8. The SMILES string of the molecule is Nc1nc(Cl)c(C(O)C(O)CCNC(=O)OCc2ccccc2)cc1[N+](=O)[O-]. The second-order valence-corrected chi connectivity index (χ2v) is 6.18. The smallest absolute Gasteiger partial charge is 0.407 e. The monoisotopic (exact) mass is 410 g/mol. The number of ether oxygens (including phenoxy) is 1. The third-order valence-corrected chi connectivity index (χ3v) is 4.12. The molecular weight excluding hydrogens is 392 g/mol. The number of nitrogens with two attached hydrogens (primary N) is 1. The molecule has 0 saturated carbocycles. The molecule has 2 atom stereocenters. The summed E-state index contributed by atoms with van der Waals surface area (Å²) < 4.78 is 5.02. The van der Waals surface area contributed by atoms with E-state index in [1.54, 1.807) is 12.1 Å². The minimum absolute atomic E-state index is 0.00599. The second-order valence-electron chi connectivity index (χ2n) is 5.82. The zero-order valence-corrected chi connectivity index (χ0v) is 15.4. The molecule has 5 N–H and O–H groups in total. The number of halogens is 1. The van der Waals surface area contributed by atoms with Gasteiger partial charge >= 0.3 is 11.8 Å². The molecule has 0 fully saturated rings. The van der Waals surface area contributed by atoms with Gasteiger partial charge in [-0.2, -0.15) is 0 Å². The van der Waals surface area contributed by atoms with Crippen LogP contribution in [0.25, 0.3) is 0 Å². The van der Waals surface area contributed by atoms with Crippen LogP contribution in [0.3, 0.4) is 0 Å². The van der Waals surface area contributed by atoms with E-state index in [1.165, 1.54) is 0 Å². The zero-order chi connectivity index (χ0) is 20.7. The molecule has 0 aliphatic heterocycles. The normalized spacial score (nSPS) is 12.8. The van der Waals surface area contributed by atoms with Crippen molar-refractivity contribution < 1.29 is 24.7 Å². The Hall–Kier alpha value is -2.95. The number of nitro groups is 1. The van der Waals surface area contributed by atoms with E-state index in [0.717, 1.165) is 11.6 Å². The fourth-order valence-corrected chi connectivity index (χ4v) is 2.58. The third-order valence-electron chi connectivity index (χ3n) is 3.81. The van der Waals surface area contributed by atoms with Crippen molar-refractivity contribution in [3.8, 4) is 0 Å². The highest BCUT2D eigenvalue weighted by molar-refractivity contribution is 6.30. The lowest BCUT2D eigenvalue weighted by Gasteiger charge is -2.19. The second kappa shape index (κ2) is 9.83. The number of nitrogens with one attached hydrogen (secondary N) is 1. The van der Waals surface area contributed by atoms with Crippen LogP contribution in [0, 0.1) is 10.1 Å². The molecule has 28 heavy (non-hydrogen) atoms. The van der Waals surface area contributed by atoms with Crippen molar-refractivity contribution in [2.24, 2.45) is 0 Å². The molecular formula is C17H19ClN4O6. The first-order valence-corrected chi connectivity index (χ1v) is 8.58. The minimum atomic E-state index is -1.55.